The SMILES string of the molecule is CC1CC(CNC(=O)O)CCN1c1nc(-c2cnn(C)c2)cn2nccc12. The van der Waals surface area contributed by atoms with Crippen LogP contribution in [0, 0.1) is 5.92 Å². The quantitative estimate of drug-likeness (QED) is 0.730. The minimum absolute atomic E-state index is 0.259. The molecular weight excluding hydrogens is 346 g/mol. The van der Waals surface area contributed by atoms with Crippen molar-refractivity contribution in [2.75, 3.05) is 18.0 Å². The highest BCUT2D eigenvalue weighted by molar-refractivity contribution is 5.73. The first-order chi connectivity index (χ1) is 13.0. The highest BCUT2D eigenvalue weighted by Gasteiger charge is 2.28. The van der Waals surface area contributed by atoms with E-state index in [-0.39, 0.29) is 6.04 Å². The number of hydrogen-bond donors (Lipinski definition) is 2. The topological polar surface area (TPSA) is 101 Å². The van der Waals surface area contributed by atoms with Gasteiger partial charge in [-0.2, -0.15) is 10.2 Å². The number of piperidine rings is 1. The fourth-order valence-corrected chi connectivity index (χ4v) is 3.82. The average Bonchev–Trinajstić information content (AvgIpc) is 3.28. The molecule has 27 heavy (non-hydrogen) atoms. The smallest absolute Gasteiger partial charge is 0.404 e. The van der Waals surface area contributed by atoms with E-state index in [1.807, 2.05) is 30.0 Å². The Balaban J connectivity index is 1.63. The molecule has 9 nitrogen and oxygen atoms in total. The van der Waals surface area contributed by atoms with Gasteiger partial charge in [0.2, 0.25) is 0 Å². The molecule has 1 aliphatic rings. The van der Waals surface area contributed by atoms with Crippen LogP contribution in [0.1, 0.15) is 19.8 Å². The largest absolute Gasteiger partial charge is 0.465 e. The van der Waals surface area contributed by atoms with Crippen LogP contribution >= 0.6 is 0 Å². The summed E-state index contributed by atoms with van der Waals surface area (Å²) in [6, 6.07) is 2.23. The zero-order valence-electron chi connectivity index (χ0n) is 15.4. The second-order valence-corrected chi connectivity index (χ2v) is 7.13. The Kier molecular flexibility index (Phi) is 4.43. The Morgan fingerprint density at radius 3 is 2.93 bits per heavy atom. The van der Waals surface area contributed by atoms with Crippen LogP contribution in [0.25, 0.3) is 16.8 Å². The molecule has 0 saturated carbocycles. The minimum atomic E-state index is -0.961. The van der Waals surface area contributed by atoms with E-state index in [0.717, 1.165) is 42.0 Å². The maximum atomic E-state index is 10.8. The molecule has 2 unspecified atom stereocenters. The van der Waals surface area contributed by atoms with Gasteiger partial charge >= 0.3 is 6.09 Å². The molecule has 4 heterocycles. The molecule has 0 aromatic carbocycles. The number of aromatic nitrogens is 5. The standard InChI is InChI=1S/C18H23N7O2/c1-12-7-13(8-19-18(26)27)4-6-24(12)17-16-3-5-20-25(16)11-15(22-17)14-9-21-23(2)10-14/h3,5,9-13,19H,4,6-8H2,1-2H3,(H,26,27). The highest BCUT2D eigenvalue weighted by atomic mass is 16.4. The van der Waals surface area contributed by atoms with E-state index in [2.05, 4.69) is 27.3 Å². The monoisotopic (exact) mass is 369 g/mol. The van der Waals surface area contributed by atoms with Crippen molar-refractivity contribution >= 4 is 17.4 Å². The number of carbonyl (C=O) groups is 1. The molecule has 1 saturated heterocycles. The Bertz CT molecular complexity index is 964. The predicted molar refractivity (Wildman–Crippen MR) is 101 cm³/mol. The van der Waals surface area contributed by atoms with E-state index in [9.17, 15) is 4.79 Å². The number of amides is 1. The summed E-state index contributed by atoms with van der Waals surface area (Å²) in [5, 5.41) is 20.0. The lowest BCUT2D eigenvalue weighted by Crippen LogP contribution is -2.44. The number of anilines is 1. The third-order valence-electron chi connectivity index (χ3n) is 5.17. The van der Waals surface area contributed by atoms with E-state index in [4.69, 9.17) is 10.1 Å². The molecule has 1 fully saturated rings. The number of aryl methyl sites for hydroxylation is 1. The van der Waals surface area contributed by atoms with Gasteiger partial charge in [0.15, 0.2) is 5.82 Å². The lowest BCUT2D eigenvalue weighted by Gasteiger charge is -2.38. The summed E-state index contributed by atoms with van der Waals surface area (Å²) in [6.07, 6.45) is 8.31. The van der Waals surface area contributed by atoms with Gasteiger partial charge in [0.25, 0.3) is 0 Å². The summed E-state index contributed by atoms with van der Waals surface area (Å²) in [5.41, 5.74) is 2.75. The molecule has 3 aromatic rings. The zero-order valence-corrected chi connectivity index (χ0v) is 15.4. The number of nitrogens with zero attached hydrogens (tertiary/aromatic N) is 6. The summed E-state index contributed by atoms with van der Waals surface area (Å²) >= 11 is 0. The second-order valence-electron chi connectivity index (χ2n) is 7.13. The molecule has 9 heteroatoms. The van der Waals surface area contributed by atoms with E-state index >= 15 is 0 Å². The predicted octanol–water partition coefficient (Wildman–Crippen LogP) is 2.00. The van der Waals surface area contributed by atoms with E-state index < -0.39 is 6.09 Å². The lowest BCUT2D eigenvalue weighted by atomic mass is 9.91. The van der Waals surface area contributed by atoms with Crippen LogP contribution in [0.2, 0.25) is 0 Å². The van der Waals surface area contributed by atoms with Gasteiger partial charge in [-0.05, 0) is 31.7 Å². The number of nitrogens with one attached hydrogen (secondary N) is 1. The van der Waals surface area contributed by atoms with Gasteiger partial charge in [0.1, 0.15) is 5.52 Å². The summed E-state index contributed by atoms with van der Waals surface area (Å²) in [7, 11) is 1.88. The first-order valence-corrected chi connectivity index (χ1v) is 9.08. The van der Waals surface area contributed by atoms with Crippen LogP contribution < -0.4 is 10.2 Å². The van der Waals surface area contributed by atoms with Gasteiger partial charge < -0.3 is 15.3 Å². The van der Waals surface area contributed by atoms with Crippen LogP contribution in [-0.2, 0) is 7.05 Å². The number of fused-ring (bicyclic) bond motifs is 1. The van der Waals surface area contributed by atoms with Crippen molar-refractivity contribution in [3.63, 3.8) is 0 Å². The van der Waals surface area contributed by atoms with E-state index in [1.165, 1.54) is 0 Å². The average molecular weight is 369 g/mol. The van der Waals surface area contributed by atoms with Crippen molar-refractivity contribution in [2.24, 2.45) is 13.0 Å². The third kappa shape index (κ3) is 3.44. The molecule has 2 atom stereocenters. The Hall–Kier alpha value is -3.10. The van der Waals surface area contributed by atoms with Crippen molar-refractivity contribution in [3.05, 3.63) is 30.9 Å². The molecule has 0 bridgehead atoms. The van der Waals surface area contributed by atoms with Gasteiger partial charge in [-0.15, -0.1) is 0 Å². The minimum Gasteiger partial charge on any atom is -0.465 e. The van der Waals surface area contributed by atoms with Crippen molar-refractivity contribution in [1.82, 2.24) is 29.7 Å². The van der Waals surface area contributed by atoms with Crippen LogP contribution in [0.3, 0.4) is 0 Å². The van der Waals surface area contributed by atoms with Gasteiger partial charge in [0, 0.05) is 37.9 Å². The molecule has 3 aromatic heterocycles. The van der Waals surface area contributed by atoms with Crippen molar-refractivity contribution in [1.29, 1.82) is 0 Å². The first-order valence-electron chi connectivity index (χ1n) is 9.08. The van der Waals surface area contributed by atoms with Gasteiger partial charge in [-0.25, -0.2) is 14.3 Å². The third-order valence-corrected chi connectivity index (χ3v) is 5.17. The molecule has 1 aliphatic heterocycles. The van der Waals surface area contributed by atoms with Gasteiger partial charge in [-0.1, -0.05) is 0 Å². The molecule has 0 radical (unpaired) electrons. The van der Waals surface area contributed by atoms with Gasteiger partial charge in [0.05, 0.1) is 24.3 Å². The van der Waals surface area contributed by atoms with Crippen molar-refractivity contribution < 1.29 is 9.90 Å². The Morgan fingerprint density at radius 2 is 2.22 bits per heavy atom. The summed E-state index contributed by atoms with van der Waals surface area (Å²) in [4.78, 5) is 18.0. The highest BCUT2D eigenvalue weighted by Crippen LogP contribution is 2.31. The van der Waals surface area contributed by atoms with Gasteiger partial charge in [-0.3, -0.25) is 4.68 Å². The maximum absolute atomic E-state index is 10.8. The molecule has 1 amide bonds. The molecule has 0 spiro atoms. The summed E-state index contributed by atoms with van der Waals surface area (Å²) in [6.45, 7) is 3.49. The van der Waals surface area contributed by atoms with Crippen molar-refractivity contribution in [3.8, 4) is 11.3 Å². The van der Waals surface area contributed by atoms with Crippen LogP contribution in [0.15, 0.2) is 30.9 Å². The number of hydrogen-bond acceptors (Lipinski definition) is 5. The summed E-state index contributed by atoms with van der Waals surface area (Å²) in [5.74, 6) is 1.25. The molecular formula is C18H23N7O2. The molecule has 0 aliphatic carbocycles. The van der Waals surface area contributed by atoms with E-state index in [1.54, 1.807) is 17.1 Å². The molecule has 2 N–H and O–H groups in total. The Labute approximate surface area is 156 Å². The fourth-order valence-electron chi connectivity index (χ4n) is 3.82. The van der Waals surface area contributed by atoms with Crippen LogP contribution in [0.5, 0.6) is 0 Å². The maximum Gasteiger partial charge on any atom is 0.404 e. The summed E-state index contributed by atoms with van der Waals surface area (Å²) < 4.78 is 3.61. The lowest BCUT2D eigenvalue weighted by molar-refractivity contribution is 0.190. The normalized spacial score (nSPS) is 20.1. The number of carboxylic acid groups (broad SMARTS) is 1. The van der Waals surface area contributed by atoms with Crippen molar-refractivity contribution in [2.45, 2.75) is 25.8 Å². The zero-order chi connectivity index (χ0) is 19.0. The Morgan fingerprint density at radius 1 is 1.37 bits per heavy atom. The first kappa shape index (κ1) is 17.3. The van der Waals surface area contributed by atoms with E-state index in [0.29, 0.717) is 12.5 Å². The van der Waals surface area contributed by atoms with Crippen LogP contribution in [-0.4, -0.2) is 54.7 Å². The number of rotatable bonds is 4. The fraction of sp³-hybridized carbons (Fsp3) is 0.444. The molecule has 142 valence electrons. The molecule has 4 rings (SSSR count). The van der Waals surface area contributed by atoms with Crippen LogP contribution in [0.4, 0.5) is 10.6 Å². The second kappa shape index (κ2) is 6.90.